The number of fused-ring (bicyclic) bond motifs is 1. The van der Waals surface area contributed by atoms with Gasteiger partial charge < -0.3 is 9.47 Å². The summed E-state index contributed by atoms with van der Waals surface area (Å²) in [5.74, 6) is 0.680. The number of nitriles is 1. The lowest BCUT2D eigenvalue weighted by Gasteiger charge is -2.33. The SMILES string of the molecule is CC1(C)OC(c2ccccc2)=C/C(=C/C=N/c2sc3c(c2C#N)CCCC3)O1. The summed E-state index contributed by atoms with van der Waals surface area (Å²) in [7, 11) is 0. The highest BCUT2D eigenvalue weighted by Gasteiger charge is 2.28. The molecule has 0 atom stereocenters. The maximum Gasteiger partial charge on any atom is 0.245 e. The maximum atomic E-state index is 9.56. The number of nitrogens with zero attached hydrogens (tertiary/aromatic N) is 2. The summed E-state index contributed by atoms with van der Waals surface area (Å²) < 4.78 is 11.9. The normalized spacial score (nSPS) is 19.5. The van der Waals surface area contributed by atoms with Crippen LogP contribution in [-0.4, -0.2) is 12.0 Å². The van der Waals surface area contributed by atoms with Crippen LogP contribution >= 0.6 is 11.3 Å². The molecule has 1 aliphatic heterocycles. The fourth-order valence-electron chi connectivity index (χ4n) is 3.52. The Morgan fingerprint density at radius 3 is 2.71 bits per heavy atom. The number of aryl methyl sites for hydroxylation is 1. The van der Waals surface area contributed by atoms with Crippen LogP contribution in [0.25, 0.3) is 5.76 Å². The second-order valence-corrected chi connectivity index (χ2v) is 8.41. The molecule has 0 N–H and O–H groups in total. The molecule has 0 fully saturated rings. The van der Waals surface area contributed by atoms with Gasteiger partial charge in [-0.05, 0) is 37.3 Å². The van der Waals surface area contributed by atoms with Crippen molar-refractivity contribution >= 4 is 28.3 Å². The summed E-state index contributed by atoms with van der Waals surface area (Å²) in [6.45, 7) is 3.77. The van der Waals surface area contributed by atoms with Crippen molar-refractivity contribution in [2.75, 3.05) is 0 Å². The van der Waals surface area contributed by atoms with Gasteiger partial charge in [-0.3, -0.25) is 0 Å². The van der Waals surface area contributed by atoms with E-state index in [1.54, 1.807) is 17.6 Å². The summed E-state index contributed by atoms with van der Waals surface area (Å²) in [5.41, 5.74) is 2.94. The first-order valence-electron chi connectivity index (χ1n) is 9.50. The molecule has 4 nitrogen and oxygen atoms in total. The second-order valence-electron chi connectivity index (χ2n) is 7.33. The molecular formula is C23H22N2O2S. The number of hydrogen-bond donors (Lipinski definition) is 0. The molecular weight excluding hydrogens is 368 g/mol. The first-order chi connectivity index (χ1) is 13.6. The highest BCUT2D eigenvalue weighted by molar-refractivity contribution is 7.16. The lowest BCUT2D eigenvalue weighted by molar-refractivity contribution is -0.149. The van der Waals surface area contributed by atoms with Crippen LogP contribution in [0.3, 0.4) is 0 Å². The summed E-state index contributed by atoms with van der Waals surface area (Å²) in [6.07, 6.45) is 9.81. The van der Waals surface area contributed by atoms with E-state index in [0.717, 1.165) is 41.1 Å². The Morgan fingerprint density at radius 1 is 1.14 bits per heavy atom. The number of aliphatic imine (C=N–C) groups is 1. The van der Waals surface area contributed by atoms with Gasteiger partial charge in [0.25, 0.3) is 0 Å². The molecule has 4 rings (SSSR count). The molecule has 1 aliphatic carbocycles. The van der Waals surface area contributed by atoms with Crippen LogP contribution in [0.2, 0.25) is 0 Å². The third-order valence-corrected chi connectivity index (χ3v) is 5.95. The molecule has 2 aliphatic rings. The van der Waals surface area contributed by atoms with Crippen molar-refractivity contribution in [1.29, 1.82) is 5.26 Å². The standard InChI is InChI=1S/C23H22N2O2S/c1-23(2)26-17(14-20(27-23)16-8-4-3-5-9-16)12-13-25-22-19(15-24)18-10-6-7-11-21(18)28-22/h3-5,8-9,12-14H,6-7,10-11H2,1-2H3/b17-12-,25-13+. The molecule has 1 aromatic heterocycles. The van der Waals surface area contributed by atoms with Crippen LogP contribution < -0.4 is 0 Å². The van der Waals surface area contributed by atoms with Crippen LogP contribution in [0.4, 0.5) is 5.00 Å². The minimum Gasteiger partial charge on any atom is -0.453 e. The minimum absolute atomic E-state index is 0.679. The molecule has 0 bridgehead atoms. The molecule has 28 heavy (non-hydrogen) atoms. The van der Waals surface area contributed by atoms with Gasteiger partial charge in [-0.2, -0.15) is 5.26 Å². The Hall–Kier alpha value is -2.84. The van der Waals surface area contributed by atoms with Crippen LogP contribution in [0.5, 0.6) is 0 Å². The van der Waals surface area contributed by atoms with Crippen molar-refractivity contribution in [2.45, 2.75) is 45.3 Å². The van der Waals surface area contributed by atoms with Crippen LogP contribution in [-0.2, 0) is 22.3 Å². The molecule has 0 amide bonds. The van der Waals surface area contributed by atoms with Gasteiger partial charge in [-0.25, -0.2) is 4.99 Å². The predicted molar refractivity (Wildman–Crippen MR) is 113 cm³/mol. The highest BCUT2D eigenvalue weighted by Crippen LogP contribution is 2.39. The number of hydrogen-bond acceptors (Lipinski definition) is 5. The molecule has 0 saturated heterocycles. The predicted octanol–water partition coefficient (Wildman–Crippen LogP) is 5.91. The Bertz CT molecular complexity index is 1010. The molecule has 2 heterocycles. The van der Waals surface area contributed by atoms with E-state index >= 15 is 0 Å². The average Bonchev–Trinajstić information content (AvgIpc) is 3.05. The molecule has 2 aromatic rings. The molecule has 1 aromatic carbocycles. The maximum absolute atomic E-state index is 9.56. The van der Waals surface area contributed by atoms with Crippen molar-refractivity contribution in [1.82, 2.24) is 0 Å². The molecule has 0 spiro atoms. The van der Waals surface area contributed by atoms with Crippen molar-refractivity contribution < 1.29 is 9.47 Å². The number of rotatable bonds is 3. The van der Waals surface area contributed by atoms with E-state index in [-0.39, 0.29) is 0 Å². The van der Waals surface area contributed by atoms with E-state index in [1.807, 2.05) is 56.3 Å². The van der Waals surface area contributed by atoms with Crippen molar-refractivity contribution in [3.05, 3.63) is 69.8 Å². The molecule has 0 unspecified atom stereocenters. The first-order valence-corrected chi connectivity index (χ1v) is 10.3. The third-order valence-electron chi connectivity index (χ3n) is 4.75. The topological polar surface area (TPSA) is 54.6 Å². The second kappa shape index (κ2) is 7.65. The van der Waals surface area contributed by atoms with Crippen LogP contribution in [0, 0.1) is 11.3 Å². The summed E-state index contributed by atoms with van der Waals surface area (Å²) in [5, 5.41) is 10.4. The Kier molecular flexibility index (Phi) is 5.06. The van der Waals surface area contributed by atoms with Gasteiger partial charge in [-0.15, -0.1) is 11.3 Å². The Labute approximate surface area is 169 Å². The number of benzene rings is 1. The first kappa shape index (κ1) is 18.5. The smallest absolute Gasteiger partial charge is 0.245 e. The van der Waals surface area contributed by atoms with Gasteiger partial charge >= 0.3 is 0 Å². The number of allylic oxidation sites excluding steroid dienone is 2. The molecule has 142 valence electrons. The Morgan fingerprint density at radius 2 is 1.93 bits per heavy atom. The van der Waals surface area contributed by atoms with E-state index in [9.17, 15) is 5.26 Å². The van der Waals surface area contributed by atoms with E-state index in [2.05, 4.69) is 11.1 Å². The minimum atomic E-state index is -0.764. The van der Waals surface area contributed by atoms with Crippen LogP contribution in [0.1, 0.15) is 48.3 Å². The van der Waals surface area contributed by atoms with Crippen molar-refractivity contribution in [2.24, 2.45) is 4.99 Å². The number of thiophene rings is 1. The van der Waals surface area contributed by atoms with E-state index in [0.29, 0.717) is 5.76 Å². The summed E-state index contributed by atoms with van der Waals surface area (Å²) in [4.78, 5) is 5.88. The fraction of sp³-hybridized carbons (Fsp3) is 0.304. The summed E-state index contributed by atoms with van der Waals surface area (Å²) >= 11 is 1.64. The highest BCUT2D eigenvalue weighted by atomic mass is 32.1. The quantitative estimate of drug-likeness (QED) is 0.612. The fourth-order valence-corrected chi connectivity index (χ4v) is 4.71. The Balaban J connectivity index is 1.62. The average molecular weight is 391 g/mol. The zero-order valence-corrected chi connectivity index (χ0v) is 16.9. The molecule has 0 saturated carbocycles. The molecule has 0 radical (unpaired) electrons. The van der Waals surface area contributed by atoms with E-state index in [4.69, 9.17) is 9.47 Å². The zero-order valence-electron chi connectivity index (χ0n) is 16.1. The van der Waals surface area contributed by atoms with Gasteiger partial charge in [0.15, 0.2) is 0 Å². The van der Waals surface area contributed by atoms with Gasteiger partial charge in [0.2, 0.25) is 5.79 Å². The zero-order chi connectivity index (χ0) is 19.6. The monoisotopic (exact) mass is 390 g/mol. The van der Waals surface area contributed by atoms with Crippen molar-refractivity contribution in [3.63, 3.8) is 0 Å². The van der Waals surface area contributed by atoms with Crippen LogP contribution in [0.15, 0.2) is 53.2 Å². The molecule has 5 heteroatoms. The van der Waals surface area contributed by atoms with Gasteiger partial charge in [-0.1, -0.05) is 30.3 Å². The van der Waals surface area contributed by atoms with Gasteiger partial charge in [0, 0.05) is 36.6 Å². The van der Waals surface area contributed by atoms with Gasteiger partial charge in [0.05, 0.1) is 5.56 Å². The van der Waals surface area contributed by atoms with E-state index in [1.165, 1.54) is 16.9 Å². The third kappa shape index (κ3) is 3.88. The lowest BCUT2D eigenvalue weighted by Crippen LogP contribution is -2.30. The largest absolute Gasteiger partial charge is 0.453 e. The van der Waals surface area contributed by atoms with Gasteiger partial charge in [0.1, 0.15) is 22.6 Å². The number of ether oxygens (including phenoxy) is 2. The van der Waals surface area contributed by atoms with Crippen molar-refractivity contribution in [3.8, 4) is 6.07 Å². The van der Waals surface area contributed by atoms with E-state index < -0.39 is 5.79 Å². The lowest BCUT2D eigenvalue weighted by atomic mass is 9.96. The summed E-state index contributed by atoms with van der Waals surface area (Å²) in [6, 6.07) is 12.3.